The standard InChI is InChI=1S/C16H27N/c1-13(2)7-5-6-10-17-12-16-9-8-14(3)11-15(16)4/h8-9,11,13,17H,5-7,10,12H2,1-4H3. The van der Waals surface area contributed by atoms with E-state index in [4.69, 9.17) is 0 Å². The molecule has 0 bridgehead atoms. The second-order valence-corrected chi connectivity index (χ2v) is 5.50. The fourth-order valence-electron chi connectivity index (χ4n) is 2.07. The van der Waals surface area contributed by atoms with Gasteiger partial charge >= 0.3 is 0 Å². The summed E-state index contributed by atoms with van der Waals surface area (Å²) < 4.78 is 0. The summed E-state index contributed by atoms with van der Waals surface area (Å²) in [7, 11) is 0. The van der Waals surface area contributed by atoms with Gasteiger partial charge in [-0.05, 0) is 43.9 Å². The van der Waals surface area contributed by atoms with Gasteiger partial charge in [0.1, 0.15) is 0 Å². The van der Waals surface area contributed by atoms with Gasteiger partial charge in [-0.3, -0.25) is 0 Å². The number of rotatable bonds is 7. The Hall–Kier alpha value is -0.820. The molecular weight excluding hydrogens is 206 g/mol. The predicted molar refractivity (Wildman–Crippen MR) is 76.3 cm³/mol. The Morgan fingerprint density at radius 2 is 1.88 bits per heavy atom. The van der Waals surface area contributed by atoms with Crippen molar-refractivity contribution in [3.8, 4) is 0 Å². The van der Waals surface area contributed by atoms with E-state index in [-0.39, 0.29) is 0 Å². The van der Waals surface area contributed by atoms with Gasteiger partial charge in [-0.1, -0.05) is 50.5 Å². The van der Waals surface area contributed by atoms with Crippen LogP contribution in [0.25, 0.3) is 0 Å². The molecule has 0 aromatic heterocycles. The Balaban J connectivity index is 2.18. The molecule has 0 amide bonds. The summed E-state index contributed by atoms with van der Waals surface area (Å²) in [6, 6.07) is 6.70. The van der Waals surface area contributed by atoms with Crippen LogP contribution in [0.5, 0.6) is 0 Å². The summed E-state index contributed by atoms with van der Waals surface area (Å²) in [5.41, 5.74) is 4.18. The van der Waals surface area contributed by atoms with E-state index in [9.17, 15) is 0 Å². The van der Waals surface area contributed by atoms with E-state index in [1.54, 1.807) is 0 Å². The third-order valence-corrected chi connectivity index (χ3v) is 3.20. The second kappa shape index (κ2) is 7.50. The molecule has 0 radical (unpaired) electrons. The third-order valence-electron chi connectivity index (χ3n) is 3.20. The summed E-state index contributed by atoms with van der Waals surface area (Å²) in [4.78, 5) is 0. The lowest BCUT2D eigenvalue weighted by molar-refractivity contribution is 0.520. The maximum absolute atomic E-state index is 3.54. The Labute approximate surface area is 107 Å². The fraction of sp³-hybridized carbons (Fsp3) is 0.625. The van der Waals surface area contributed by atoms with E-state index in [1.807, 2.05) is 0 Å². The first-order valence-corrected chi connectivity index (χ1v) is 6.86. The van der Waals surface area contributed by atoms with E-state index >= 15 is 0 Å². The molecule has 0 spiro atoms. The summed E-state index contributed by atoms with van der Waals surface area (Å²) in [5, 5.41) is 3.54. The highest BCUT2D eigenvalue weighted by atomic mass is 14.8. The fourth-order valence-corrected chi connectivity index (χ4v) is 2.07. The molecule has 1 N–H and O–H groups in total. The van der Waals surface area contributed by atoms with Crippen molar-refractivity contribution in [3.63, 3.8) is 0 Å². The zero-order valence-corrected chi connectivity index (χ0v) is 11.8. The molecule has 0 atom stereocenters. The first-order valence-electron chi connectivity index (χ1n) is 6.86. The van der Waals surface area contributed by atoms with Crippen molar-refractivity contribution in [1.82, 2.24) is 5.32 Å². The maximum Gasteiger partial charge on any atom is 0.0208 e. The van der Waals surface area contributed by atoms with Crippen molar-refractivity contribution in [2.24, 2.45) is 5.92 Å². The van der Waals surface area contributed by atoms with Crippen LogP contribution in [-0.2, 0) is 6.54 Å². The highest BCUT2D eigenvalue weighted by Gasteiger charge is 1.98. The molecule has 17 heavy (non-hydrogen) atoms. The van der Waals surface area contributed by atoms with Crippen molar-refractivity contribution in [2.75, 3.05) is 6.54 Å². The molecule has 0 saturated carbocycles. The van der Waals surface area contributed by atoms with Crippen molar-refractivity contribution >= 4 is 0 Å². The van der Waals surface area contributed by atoms with Crippen LogP contribution < -0.4 is 5.32 Å². The van der Waals surface area contributed by atoms with Crippen LogP contribution in [0.1, 0.15) is 49.8 Å². The molecule has 96 valence electrons. The predicted octanol–water partition coefficient (Wildman–Crippen LogP) is 4.22. The third kappa shape index (κ3) is 5.88. The minimum Gasteiger partial charge on any atom is -0.313 e. The highest BCUT2D eigenvalue weighted by Crippen LogP contribution is 2.10. The molecular formula is C16H27N. The molecule has 0 aliphatic carbocycles. The zero-order valence-electron chi connectivity index (χ0n) is 11.8. The number of benzene rings is 1. The van der Waals surface area contributed by atoms with Crippen molar-refractivity contribution < 1.29 is 0 Å². The van der Waals surface area contributed by atoms with Crippen LogP contribution in [0.4, 0.5) is 0 Å². The van der Waals surface area contributed by atoms with Crippen molar-refractivity contribution in [2.45, 2.75) is 53.5 Å². The van der Waals surface area contributed by atoms with Crippen LogP contribution in [0.15, 0.2) is 18.2 Å². The van der Waals surface area contributed by atoms with Gasteiger partial charge in [-0.15, -0.1) is 0 Å². The van der Waals surface area contributed by atoms with E-state index in [2.05, 4.69) is 51.2 Å². The second-order valence-electron chi connectivity index (χ2n) is 5.50. The summed E-state index contributed by atoms with van der Waals surface area (Å²) in [6.07, 6.45) is 3.99. The largest absolute Gasteiger partial charge is 0.313 e. The molecule has 0 aliphatic rings. The average Bonchev–Trinajstić information content (AvgIpc) is 2.25. The monoisotopic (exact) mass is 233 g/mol. The molecule has 1 aromatic carbocycles. The lowest BCUT2D eigenvalue weighted by Gasteiger charge is -2.09. The van der Waals surface area contributed by atoms with Gasteiger partial charge in [0.2, 0.25) is 0 Å². The SMILES string of the molecule is Cc1ccc(CNCCCCC(C)C)c(C)c1. The number of aryl methyl sites for hydroxylation is 2. The van der Waals surface area contributed by atoms with E-state index in [1.165, 1.54) is 36.0 Å². The molecule has 1 nitrogen and oxygen atoms in total. The van der Waals surface area contributed by atoms with E-state index < -0.39 is 0 Å². The van der Waals surface area contributed by atoms with E-state index in [0.29, 0.717) is 0 Å². The average molecular weight is 233 g/mol. The quantitative estimate of drug-likeness (QED) is 0.695. The van der Waals surface area contributed by atoms with Gasteiger partial charge in [0.25, 0.3) is 0 Å². The minimum absolute atomic E-state index is 0.842. The van der Waals surface area contributed by atoms with Gasteiger partial charge < -0.3 is 5.32 Å². The van der Waals surface area contributed by atoms with Gasteiger partial charge in [-0.25, -0.2) is 0 Å². The minimum atomic E-state index is 0.842. The summed E-state index contributed by atoms with van der Waals surface area (Å²) in [5.74, 6) is 0.842. The van der Waals surface area contributed by atoms with E-state index in [0.717, 1.165) is 19.0 Å². The first kappa shape index (κ1) is 14.2. The van der Waals surface area contributed by atoms with Gasteiger partial charge in [0.05, 0.1) is 0 Å². The number of hydrogen-bond acceptors (Lipinski definition) is 1. The van der Waals surface area contributed by atoms with Gasteiger partial charge in [0, 0.05) is 6.54 Å². The Bertz CT molecular complexity index is 328. The highest BCUT2D eigenvalue weighted by molar-refractivity contribution is 5.30. The Morgan fingerprint density at radius 3 is 2.53 bits per heavy atom. The molecule has 0 unspecified atom stereocenters. The number of hydrogen-bond donors (Lipinski definition) is 1. The number of unbranched alkanes of at least 4 members (excludes halogenated alkanes) is 1. The van der Waals surface area contributed by atoms with Gasteiger partial charge in [0.15, 0.2) is 0 Å². The van der Waals surface area contributed by atoms with Crippen LogP contribution in [0, 0.1) is 19.8 Å². The van der Waals surface area contributed by atoms with Crippen molar-refractivity contribution in [3.05, 3.63) is 34.9 Å². The summed E-state index contributed by atoms with van der Waals surface area (Å²) in [6.45, 7) is 11.1. The zero-order chi connectivity index (χ0) is 12.7. The molecule has 1 rings (SSSR count). The Morgan fingerprint density at radius 1 is 1.12 bits per heavy atom. The molecule has 0 aliphatic heterocycles. The number of nitrogens with one attached hydrogen (secondary N) is 1. The smallest absolute Gasteiger partial charge is 0.0208 e. The normalized spacial score (nSPS) is 11.1. The lowest BCUT2D eigenvalue weighted by Crippen LogP contribution is -2.15. The topological polar surface area (TPSA) is 12.0 Å². The maximum atomic E-state index is 3.54. The molecule has 1 aromatic rings. The van der Waals surface area contributed by atoms with Crippen LogP contribution in [-0.4, -0.2) is 6.54 Å². The molecule has 0 heterocycles. The Kier molecular flexibility index (Phi) is 6.28. The van der Waals surface area contributed by atoms with Crippen LogP contribution >= 0.6 is 0 Å². The summed E-state index contributed by atoms with van der Waals surface area (Å²) >= 11 is 0. The van der Waals surface area contributed by atoms with Crippen LogP contribution in [0.3, 0.4) is 0 Å². The molecule has 0 fully saturated rings. The van der Waals surface area contributed by atoms with Gasteiger partial charge in [-0.2, -0.15) is 0 Å². The first-order chi connectivity index (χ1) is 8.09. The van der Waals surface area contributed by atoms with Crippen LogP contribution in [0.2, 0.25) is 0 Å². The lowest BCUT2D eigenvalue weighted by atomic mass is 10.1. The van der Waals surface area contributed by atoms with Crippen molar-refractivity contribution in [1.29, 1.82) is 0 Å². The molecule has 0 saturated heterocycles. The molecule has 1 heteroatoms.